The Morgan fingerprint density at radius 2 is 2.00 bits per heavy atom. The van der Waals surface area contributed by atoms with Gasteiger partial charge in [-0.3, -0.25) is 4.79 Å². The topological polar surface area (TPSA) is 65.7 Å². The standard InChI is InChI=1S/C22H30O5/c1-21(11-8-15-10-13-27-14-15)17(20(24)26-4)9-12-22(2)16(19(23)25-3)6-5-7-18(21)22/h6,10,13-14,17-18H,5,7-9,11-12H2,1-4H3/t17-,18+,21-,22-/m1/s1. The van der Waals surface area contributed by atoms with E-state index in [1.165, 1.54) is 14.2 Å². The Bertz CT molecular complexity index is 719. The predicted molar refractivity (Wildman–Crippen MR) is 101 cm³/mol. The fourth-order valence-electron chi connectivity index (χ4n) is 5.67. The van der Waals surface area contributed by atoms with Crippen molar-refractivity contribution in [3.8, 4) is 0 Å². The van der Waals surface area contributed by atoms with E-state index in [-0.39, 0.29) is 34.6 Å². The Morgan fingerprint density at radius 3 is 2.63 bits per heavy atom. The SMILES string of the molecule is COC(=O)C1=CCC[C@H]2[C@](C)(CCc3ccoc3)[C@@H](C(=O)OC)CC[C@]12C. The number of ether oxygens (including phenoxy) is 2. The summed E-state index contributed by atoms with van der Waals surface area (Å²) in [5.41, 5.74) is 1.37. The van der Waals surface area contributed by atoms with Crippen LogP contribution in [0.3, 0.4) is 0 Å². The summed E-state index contributed by atoms with van der Waals surface area (Å²) in [5, 5.41) is 0. The molecule has 1 heterocycles. The van der Waals surface area contributed by atoms with Gasteiger partial charge in [0.25, 0.3) is 0 Å². The number of carbonyl (C=O) groups is 2. The van der Waals surface area contributed by atoms with Crippen LogP contribution in [0, 0.1) is 22.7 Å². The van der Waals surface area contributed by atoms with E-state index in [1.807, 2.05) is 12.1 Å². The van der Waals surface area contributed by atoms with Gasteiger partial charge in [0.1, 0.15) is 0 Å². The van der Waals surface area contributed by atoms with Crippen LogP contribution in [0.15, 0.2) is 34.7 Å². The molecule has 0 aromatic carbocycles. The number of fused-ring (bicyclic) bond motifs is 1. The maximum Gasteiger partial charge on any atom is 0.333 e. The number of hydrogen-bond donors (Lipinski definition) is 0. The molecule has 1 aromatic rings. The minimum absolute atomic E-state index is 0.138. The van der Waals surface area contributed by atoms with Crippen molar-refractivity contribution in [3.05, 3.63) is 35.8 Å². The number of esters is 2. The third kappa shape index (κ3) is 3.32. The van der Waals surface area contributed by atoms with E-state index in [2.05, 4.69) is 13.8 Å². The smallest absolute Gasteiger partial charge is 0.333 e. The molecule has 0 aliphatic heterocycles. The van der Waals surface area contributed by atoms with Crippen LogP contribution in [0.5, 0.6) is 0 Å². The van der Waals surface area contributed by atoms with Crippen molar-refractivity contribution >= 4 is 11.9 Å². The zero-order chi connectivity index (χ0) is 19.7. The molecule has 2 aliphatic rings. The molecule has 148 valence electrons. The van der Waals surface area contributed by atoms with Crippen molar-refractivity contribution in [1.29, 1.82) is 0 Å². The lowest BCUT2D eigenvalue weighted by atomic mass is 9.46. The van der Waals surface area contributed by atoms with Crippen LogP contribution in [-0.4, -0.2) is 26.2 Å². The number of aryl methyl sites for hydroxylation is 1. The summed E-state index contributed by atoms with van der Waals surface area (Å²) in [7, 11) is 2.90. The number of allylic oxidation sites excluding steroid dienone is 1. The molecule has 5 heteroatoms. The quantitative estimate of drug-likeness (QED) is 0.718. The molecule has 5 nitrogen and oxygen atoms in total. The van der Waals surface area contributed by atoms with Crippen molar-refractivity contribution in [2.45, 2.75) is 52.4 Å². The first-order valence-electron chi connectivity index (χ1n) is 9.74. The normalized spacial score (nSPS) is 33.0. The predicted octanol–water partition coefficient (Wildman–Crippen LogP) is 4.32. The average molecular weight is 374 g/mol. The molecule has 2 aliphatic carbocycles. The molecule has 27 heavy (non-hydrogen) atoms. The van der Waals surface area contributed by atoms with Crippen LogP contribution < -0.4 is 0 Å². The van der Waals surface area contributed by atoms with Crippen LogP contribution in [-0.2, 0) is 25.5 Å². The number of methoxy groups -OCH3 is 2. The summed E-state index contributed by atoms with van der Waals surface area (Å²) < 4.78 is 15.5. The number of hydrogen-bond acceptors (Lipinski definition) is 5. The monoisotopic (exact) mass is 374 g/mol. The van der Waals surface area contributed by atoms with Gasteiger partial charge in [0.2, 0.25) is 0 Å². The molecule has 1 saturated carbocycles. The van der Waals surface area contributed by atoms with Crippen molar-refractivity contribution in [3.63, 3.8) is 0 Å². The Hall–Kier alpha value is -2.04. The van der Waals surface area contributed by atoms with Crippen LogP contribution >= 0.6 is 0 Å². The largest absolute Gasteiger partial charge is 0.472 e. The van der Waals surface area contributed by atoms with Gasteiger partial charge >= 0.3 is 11.9 Å². The third-order valence-corrected chi connectivity index (χ3v) is 7.16. The highest BCUT2D eigenvalue weighted by molar-refractivity contribution is 5.90. The summed E-state index contributed by atoms with van der Waals surface area (Å²) >= 11 is 0. The summed E-state index contributed by atoms with van der Waals surface area (Å²) in [5.74, 6) is -0.324. The lowest BCUT2D eigenvalue weighted by molar-refractivity contribution is -0.161. The Balaban J connectivity index is 1.97. The van der Waals surface area contributed by atoms with Crippen molar-refractivity contribution < 1.29 is 23.5 Å². The Labute approximate surface area is 161 Å². The number of rotatable bonds is 5. The Kier molecular flexibility index (Phi) is 5.50. The first-order chi connectivity index (χ1) is 12.9. The van der Waals surface area contributed by atoms with Crippen molar-refractivity contribution in [2.24, 2.45) is 22.7 Å². The summed E-state index contributed by atoms with van der Waals surface area (Å²) in [6.07, 6.45) is 10.5. The first kappa shape index (κ1) is 19.7. The Morgan fingerprint density at radius 1 is 1.22 bits per heavy atom. The minimum Gasteiger partial charge on any atom is -0.472 e. The first-order valence-corrected chi connectivity index (χ1v) is 9.74. The van der Waals surface area contributed by atoms with Crippen molar-refractivity contribution in [2.75, 3.05) is 14.2 Å². The molecule has 0 spiro atoms. The van der Waals surface area contributed by atoms with Gasteiger partial charge in [0.15, 0.2) is 0 Å². The third-order valence-electron chi connectivity index (χ3n) is 7.16. The summed E-state index contributed by atoms with van der Waals surface area (Å²) in [4.78, 5) is 25.1. The van der Waals surface area contributed by atoms with E-state index in [1.54, 1.807) is 12.5 Å². The van der Waals surface area contributed by atoms with E-state index < -0.39 is 0 Å². The summed E-state index contributed by atoms with van der Waals surface area (Å²) in [6, 6.07) is 1.97. The van der Waals surface area contributed by atoms with E-state index >= 15 is 0 Å². The fourth-order valence-corrected chi connectivity index (χ4v) is 5.67. The second-order valence-electron chi connectivity index (χ2n) is 8.41. The molecule has 0 bridgehead atoms. The molecule has 1 aromatic heterocycles. The van der Waals surface area contributed by atoms with E-state index in [0.717, 1.165) is 49.7 Å². The van der Waals surface area contributed by atoms with E-state index in [9.17, 15) is 9.59 Å². The molecular weight excluding hydrogens is 344 g/mol. The highest BCUT2D eigenvalue weighted by atomic mass is 16.5. The molecule has 1 fully saturated rings. The minimum atomic E-state index is -0.277. The van der Waals surface area contributed by atoms with Gasteiger partial charge in [-0.15, -0.1) is 0 Å². The van der Waals surface area contributed by atoms with Crippen LogP contribution in [0.2, 0.25) is 0 Å². The van der Waals surface area contributed by atoms with Gasteiger partial charge in [-0.25, -0.2) is 4.79 Å². The van der Waals surface area contributed by atoms with Gasteiger partial charge < -0.3 is 13.9 Å². The van der Waals surface area contributed by atoms with Gasteiger partial charge in [0, 0.05) is 11.0 Å². The molecule has 0 radical (unpaired) electrons. The lowest BCUT2D eigenvalue weighted by Gasteiger charge is -2.57. The van der Waals surface area contributed by atoms with Gasteiger partial charge in [0.05, 0.1) is 32.7 Å². The van der Waals surface area contributed by atoms with Crippen LogP contribution in [0.1, 0.15) is 51.5 Å². The molecule has 4 atom stereocenters. The molecule has 0 saturated heterocycles. The molecule has 0 N–H and O–H groups in total. The maximum absolute atomic E-state index is 12.6. The number of furan rings is 1. The second-order valence-corrected chi connectivity index (χ2v) is 8.41. The number of carbonyl (C=O) groups excluding carboxylic acids is 2. The maximum atomic E-state index is 12.6. The zero-order valence-corrected chi connectivity index (χ0v) is 16.7. The van der Waals surface area contributed by atoms with E-state index in [0.29, 0.717) is 0 Å². The average Bonchev–Trinajstić information content (AvgIpc) is 3.19. The molecule has 0 unspecified atom stereocenters. The fraction of sp³-hybridized carbons (Fsp3) is 0.636. The summed E-state index contributed by atoms with van der Waals surface area (Å²) in [6.45, 7) is 4.38. The van der Waals surface area contributed by atoms with Crippen LogP contribution in [0.25, 0.3) is 0 Å². The van der Waals surface area contributed by atoms with E-state index in [4.69, 9.17) is 13.9 Å². The lowest BCUT2D eigenvalue weighted by Crippen LogP contribution is -2.54. The highest BCUT2D eigenvalue weighted by Gasteiger charge is 2.58. The van der Waals surface area contributed by atoms with Crippen LogP contribution in [0.4, 0.5) is 0 Å². The molecule has 3 rings (SSSR count). The van der Waals surface area contributed by atoms with Gasteiger partial charge in [-0.1, -0.05) is 19.9 Å². The highest BCUT2D eigenvalue weighted by Crippen LogP contribution is 2.62. The zero-order valence-electron chi connectivity index (χ0n) is 16.7. The van der Waals surface area contributed by atoms with Gasteiger partial charge in [-0.2, -0.15) is 0 Å². The van der Waals surface area contributed by atoms with Gasteiger partial charge in [-0.05, 0) is 61.5 Å². The molecule has 0 amide bonds. The molecular formula is C22H30O5. The van der Waals surface area contributed by atoms with Crippen molar-refractivity contribution in [1.82, 2.24) is 0 Å². The second kappa shape index (κ2) is 7.53.